The predicted molar refractivity (Wildman–Crippen MR) is 273 cm³/mol. The number of carbonyl (C=O) groups is 2. The zero-order valence-corrected chi connectivity index (χ0v) is 40.2. The first-order valence-electron chi connectivity index (χ1n) is 23.2. The molecule has 0 heterocycles. The van der Waals surface area contributed by atoms with Gasteiger partial charge < -0.3 is 19.3 Å². The average molecular weight is 887 g/mol. The van der Waals surface area contributed by atoms with Crippen LogP contribution < -0.4 is 20.4 Å². The van der Waals surface area contributed by atoms with Gasteiger partial charge in [-0.15, -0.1) is 0 Å². The number of nitrogens with one attached hydrogen (secondary N) is 2. The van der Waals surface area contributed by atoms with Crippen molar-refractivity contribution in [1.82, 2.24) is 10.6 Å². The quantitative estimate of drug-likeness (QED) is 0.0522. The fourth-order valence-corrected chi connectivity index (χ4v) is 7.57. The molecule has 6 rings (SSSR count). The Morgan fingerprint density at radius 3 is 1.33 bits per heavy atom. The third-order valence-electron chi connectivity index (χ3n) is 11.9. The number of amides is 2. The molecule has 6 aromatic carbocycles. The molecule has 0 spiro atoms. The van der Waals surface area contributed by atoms with E-state index in [-0.39, 0.29) is 11.8 Å². The highest BCUT2D eigenvalue weighted by Gasteiger charge is 2.28. The van der Waals surface area contributed by atoms with Crippen LogP contribution in [0.1, 0.15) is 74.6 Å². The van der Waals surface area contributed by atoms with Gasteiger partial charge in [-0.1, -0.05) is 139 Å². The van der Waals surface area contributed by atoms with Crippen LogP contribution in [0, 0.1) is 41.5 Å². The Morgan fingerprint density at radius 1 is 0.545 bits per heavy atom. The van der Waals surface area contributed by atoms with Gasteiger partial charge in [0.15, 0.2) is 0 Å². The topological polar surface area (TPSA) is 83.1 Å². The Hall–Kier alpha value is -6.32. The Morgan fingerprint density at radius 2 is 0.955 bits per heavy atom. The molecule has 346 valence electrons. The van der Waals surface area contributed by atoms with Crippen molar-refractivity contribution < 1.29 is 19.1 Å². The minimum Gasteiger partial charge on any atom is -0.500 e. The first kappa shape index (κ1) is 50.7. The van der Waals surface area contributed by atoms with Gasteiger partial charge in [0, 0.05) is 44.2 Å². The molecule has 66 heavy (non-hydrogen) atoms. The fourth-order valence-electron chi connectivity index (χ4n) is 7.57. The van der Waals surface area contributed by atoms with E-state index in [0.29, 0.717) is 46.0 Å². The largest absolute Gasteiger partial charge is 0.500 e. The summed E-state index contributed by atoms with van der Waals surface area (Å²) in [5.74, 6) is 0.0724. The molecule has 0 bridgehead atoms. The zero-order chi connectivity index (χ0) is 47.3. The molecular formula is C58H70N4O4. The Bertz CT molecular complexity index is 2400. The van der Waals surface area contributed by atoms with Gasteiger partial charge in [0.2, 0.25) is 11.8 Å². The van der Waals surface area contributed by atoms with Crippen molar-refractivity contribution in [2.45, 2.75) is 73.4 Å². The smallest absolute Gasteiger partial charge is 0.248 e. The van der Waals surface area contributed by atoms with Crippen molar-refractivity contribution in [2.75, 3.05) is 55.8 Å². The standard InChI is InChI=1S/C29H36N2O2.C29H34N2O2/c2*1-5-33-20-18-30-28(26-9-7-6-8-10-26)29(32)31(27-16-13-23(3)24(4)21-27)19-17-25-14-11-22(2)12-15-25/h6-16,21,28,30H,5,17-20H2,1-4H3;5-16,21,28,30H,1,17-20H2,2-4H3. The van der Waals surface area contributed by atoms with Crippen LogP contribution in [0.2, 0.25) is 0 Å². The summed E-state index contributed by atoms with van der Waals surface area (Å²) < 4.78 is 10.8. The predicted octanol–water partition coefficient (Wildman–Crippen LogP) is 11.2. The van der Waals surface area contributed by atoms with Gasteiger partial charge in [-0.2, -0.15) is 0 Å². The van der Waals surface area contributed by atoms with Crippen molar-refractivity contribution in [2.24, 2.45) is 0 Å². The highest BCUT2D eigenvalue weighted by Crippen LogP contribution is 2.26. The molecule has 6 aromatic rings. The maximum atomic E-state index is 14.0. The second-order valence-electron chi connectivity index (χ2n) is 16.8. The van der Waals surface area contributed by atoms with Gasteiger partial charge in [0.25, 0.3) is 0 Å². The Kier molecular flexibility index (Phi) is 20.4. The molecule has 2 atom stereocenters. The van der Waals surface area contributed by atoms with Gasteiger partial charge in [-0.3, -0.25) is 20.2 Å². The molecule has 0 aliphatic heterocycles. The number of ether oxygens (including phenoxy) is 2. The van der Waals surface area contributed by atoms with Crippen molar-refractivity contribution in [3.63, 3.8) is 0 Å². The average Bonchev–Trinajstić information content (AvgIpc) is 3.33. The van der Waals surface area contributed by atoms with Gasteiger partial charge >= 0.3 is 0 Å². The van der Waals surface area contributed by atoms with Crippen LogP contribution >= 0.6 is 0 Å². The van der Waals surface area contributed by atoms with Crippen LogP contribution in [0.25, 0.3) is 0 Å². The lowest BCUT2D eigenvalue weighted by atomic mass is 10.0. The van der Waals surface area contributed by atoms with Crippen molar-refractivity contribution >= 4 is 23.2 Å². The Labute approximate surface area is 394 Å². The lowest BCUT2D eigenvalue weighted by molar-refractivity contribution is -0.121. The van der Waals surface area contributed by atoms with E-state index in [1.54, 1.807) is 0 Å². The molecule has 8 heteroatoms. The molecule has 2 unspecified atom stereocenters. The number of benzene rings is 6. The van der Waals surface area contributed by atoms with Gasteiger partial charge in [0.1, 0.15) is 12.1 Å². The maximum absolute atomic E-state index is 14.0. The summed E-state index contributed by atoms with van der Waals surface area (Å²) in [6.45, 7) is 22.1. The minimum absolute atomic E-state index is 0.0233. The molecule has 8 nitrogen and oxygen atoms in total. The first-order chi connectivity index (χ1) is 32.0. The zero-order valence-electron chi connectivity index (χ0n) is 40.2. The van der Waals surface area contributed by atoms with E-state index in [9.17, 15) is 9.59 Å². The highest BCUT2D eigenvalue weighted by molar-refractivity contribution is 5.98. The number of rotatable bonds is 22. The van der Waals surface area contributed by atoms with Crippen molar-refractivity contribution in [3.05, 3.63) is 214 Å². The Balaban J connectivity index is 0.000000247. The molecule has 0 aliphatic carbocycles. The van der Waals surface area contributed by atoms with Gasteiger partial charge in [0.05, 0.1) is 19.5 Å². The van der Waals surface area contributed by atoms with E-state index >= 15 is 0 Å². The molecule has 0 saturated heterocycles. The number of anilines is 2. The fraction of sp³-hybridized carbons (Fsp3) is 0.310. The summed E-state index contributed by atoms with van der Waals surface area (Å²) >= 11 is 0. The van der Waals surface area contributed by atoms with Crippen molar-refractivity contribution in [1.29, 1.82) is 0 Å². The monoisotopic (exact) mass is 887 g/mol. The van der Waals surface area contributed by atoms with E-state index in [1.165, 1.54) is 50.8 Å². The van der Waals surface area contributed by atoms with E-state index < -0.39 is 12.1 Å². The number of carbonyl (C=O) groups excluding carboxylic acids is 2. The molecule has 0 aromatic heterocycles. The number of nitrogens with zero attached hydrogens (tertiary/aromatic N) is 2. The van der Waals surface area contributed by atoms with Gasteiger partial charge in [-0.05, 0) is 130 Å². The SMILES string of the molecule is C=COCCNC(C(=O)N(CCc1ccc(C)cc1)c1ccc(C)c(C)c1)c1ccccc1.CCOCCNC(C(=O)N(CCc1ccc(C)cc1)c1ccc(C)c(C)c1)c1ccccc1. The molecule has 0 saturated carbocycles. The van der Waals surface area contributed by atoms with E-state index in [0.717, 1.165) is 35.3 Å². The van der Waals surface area contributed by atoms with E-state index in [2.05, 4.69) is 138 Å². The molecule has 0 radical (unpaired) electrons. The second kappa shape index (κ2) is 26.6. The normalized spacial score (nSPS) is 11.7. The summed E-state index contributed by atoms with van der Waals surface area (Å²) in [6.07, 6.45) is 2.99. The summed E-state index contributed by atoms with van der Waals surface area (Å²) in [6, 6.07) is 48.4. The molecular weight excluding hydrogens is 817 g/mol. The van der Waals surface area contributed by atoms with E-state index in [4.69, 9.17) is 9.47 Å². The maximum Gasteiger partial charge on any atom is 0.248 e. The minimum atomic E-state index is -0.473. The summed E-state index contributed by atoms with van der Waals surface area (Å²) in [7, 11) is 0. The third kappa shape index (κ3) is 15.4. The van der Waals surface area contributed by atoms with Gasteiger partial charge in [-0.25, -0.2) is 0 Å². The van der Waals surface area contributed by atoms with Crippen LogP contribution in [0.4, 0.5) is 11.4 Å². The number of hydrogen-bond donors (Lipinski definition) is 2. The van der Waals surface area contributed by atoms with E-state index in [1.807, 2.05) is 83.5 Å². The summed E-state index contributed by atoms with van der Waals surface area (Å²) in [5.41, 5.74) is 13.4. The highest BCUT2D eigenvalue weighted by atomic mass is 16.5. The van der Waals surface area contributed by atoms with Crippen LogP contribution in [0.3, 0.4) is 0 Å². The molecule has 0 aliphatic rings. The lowest BCUT2D eigenvalue weighted by Gasteiger charge is -2.29. The third-order valence-corrected chi connectivity index (χ3v) is 11.9. The number of hydrogen-bond acceptors (Lipinski definition) is 6. The molecule has 2 N–H and O–H groups in total. The first-order valence-corrected chi connectivity index (χ1v) is 23.2. The molecule has 2 amide bonds. The molecule has 0 fully saturated rings. The van der Waals surface area contributed by atoms with Crippen LogP contribution in [0.15, 0.2) is 158 Å². The summed E-state index contributed by atoms with van der Waals surface area (Å²) in [5, 5.41) is 6.82. The van der Waals surface area contributed by atoms with Crippen LogP contribution in [-0.4, -0.2) is 57.8 Å². The number of aryl methyl sites for hydroxylation is 6. The second-order valence-corrected chi connectivity index (χ2v) is 16.8. The van der Waals surface area contributed by atoms with Crippen molar-refractivity contribution in [3.8, 4) is 0 Å². The van der Waals surface area contributed by atoms with Crippen LogP contribution in [-0.2, 0) is 31.9 Å². The van der Waals surface area contributed by atoms with Crippen LogP contribution in [0.5, 0.6) is 0 Å². The lowest BCUT2D eigenvalue weighted by Crippen LogP contribution is -2.43. The summed E-state index contributed by atoms with van der Waals surface area (Å²) in [4.78, 5) is 31.8.